The molecule has 0 amide bonds. The zero-order chi connectivity index (χ0) is 13.2. The minimum atomic E-state index is -0.198. The maximum Gasteiger partial charge on any atom is 0.338 e. The van der Waals surface area contributed by atoms with Gasteiger partial charge in [0.05, 0.1) is 12.7 Å². The monoisotopic (exact) mass is 272 g/mol. The molecule has 1 unspecified atom stereocenters. The van der Waals surface area contributed by atoms with E-state index >= 15 is 0 Å². The predicted octanol–water partition coefficient (Wildman–Crippen LogP) is 3.81. The second-order valence-electron chi connectivity index (χ2n) is 4.89. The summed E-state index contributed by atoms with van der Waals surface area (Å²) in [5, 5.41) is 1.95. The molecule has 0 N–H and O–H groups in total. The summed E-state index contributed by atoms with van der Waals surface area (Å²) in [6, 6.07) is 10.6. The Bertz CT molecular complexity index is 586. The quantitative estimate of drug-likeness (QED) is 0.777. The van der Waals surface area contributed by atoms with Gasteiger partial charge in [-0.05, 0) is 36.3 Å². The molecule has 2 nitrogen and oxygen atoms in total. The van der Waals surface area contributed by atoms with Crippen LogP contribution in [0.5, 0.6) is 0 Å². The smallest absolute Gasteiger partial charge is 0.338 e. The Balaban J connectivity index is 1.86. The fraction of sp³-hybridized carbons (Fsp3) is 0.312. The van der Waals surface area contributed by atoms with E-state index in [0.29, 0.717) is 5.92 Å². The number of carbonyl (C=O) groups is 1. The minimum Gasteiger partial charge on any atom is -0.465 e. The molecule has 1 atom stereocenters. The number of benzene rings is 1. The van der Waals surface area contributed by atoms with Crippen LogP contribution in [0.2, 0.25) is 0 Å². The third-order valence-corrected chi connectivity index (χ3v) is 4.88. The Morgan fingerprint density at radius 1 is 1.32 bits per heavy atom. The van der Waals surface area contributed by atoms with E-state index in [4.69, 9.17) is 4.74 Å². The van der Waals surface area contributed by atoms with Crippen molar-refractivity contribution in [3.05, 3.63) is 57.3 Å². The van der Waals surface area contributed by atoms with Crippen LogP contribution < -0.4 is 0 Å². The summed E-state index contributed by atoms with van der Waals surface area (Å²) in [6.45, 7) is 0. The number of hydrogen-bond donors (Lipinski definition) is 0. The molecule has 1 aromatic heterocycles. The Labute approximate surface area is 117 Å². The van der Waals surface area contributed by atoms with Crippen LogP contribution in [0.15, 0.2) is 35.7 Å². The van der Waals surface area contributed by atoms with Crippen LogP contribution in [0, 0.1) is 0 Å². The van der Waals surface area contributed by atoms with Crippen LogP contribution in [0.25, 0.3) is 0 Å². The van der Waals surface area contributed by atoms with Crippen molar-refractivity contribution in [2.45, 2.75) is 25.2 Å². The SMILES string of the molecule is COC(=O)c1csc2c1CCC(c1ccccc1)C2. The normalized spacial score (nSPS) is 17.8. The van der Waals surface area contributed by atoms with E-state index in [2.05, 4.69) is 30.3 Å². The Kier molecular flexibility index (Phi) is 3.38. The first-order valence-corrected chi connectivity index (χ1v) is 7.40. The number of fused-ring (bicyclic) bond motifs is 1. The topological polar surface area (TPSA) is 26.3 Å². The molecular weight excluding hydrogens is 256 g/mol. The molecular formula is C16H16O2S. The predicted molar refractivity (Wildman–Crippen MR) is 76.9 cm³/mol. The van der Waals surface area contributed by atoms with Crippen molar-refractivity contribution in [1.29, 1.82) is 0 Å². The highest BCUT2D eigenvalue weighted by atomic mass is 32.1. The van der Waals surface area contributed by atoms with E-state index in [1.165, 1.54) is 23.1 Å². The Morgan fingerprint density at radius 2 is 2.11 bits per heavy atom. The maximum atomic E-state index is 11.7. The highest BCUT2D eigenvalue weighted by Gasteiger charge is 2.26. The number of esters is 1. The van der Waals surface area contributed by atoms with Gasteiger partial charge in [0, 0.05) is 10.3 Å². The molecule has 0 bridgehead atoms. The van der Waals surface area contributed by atoms with Gasteiger partial charge in [0.15, 0.2) is 0 Å². The van der Waals surface area contributed by atoms with Gasteiger partial charge in [-0.15, -0.1) is 11.3 Å². The molecule has 3 rings (SSSR count). The van der Waals surface area contributed by atoms with E-state index in [1.54, 1.807) is 11.3 Å². The first-order valence-electron chi connectivity index (χ1n) is 6.52. The standard InChI is InChI=1S/C16H16O2S/c1-18-16(17)14-10-19-15-9-12(7-8-13(14)15)11-5-3-2-4-6-11/h2-6,10,12H,7-9H2,1H3. The number of ether oxygens (including phenoxy) is 1. The summed E-state index contributed by atoms with van der Waals surface area (Å²) >= 11 is 1.69. The lowest BCUT2D eigenvalue weighted by Gasteiger charge is -2.23. The van der Waals surface area contributed by atoms with Gasteiger partial charge in [0.2, 0.25) is 0 Å². The molecule has 2 aromatic rings. The molecule has 0 aliphatic heterocycles. The Hall–Kier alpha value is -1.61. The van der Waals surface area contributed by atoms with E-state index in [-0.39, 0.29) is 5.97 Å². The third-order valence-electron chi connectivity index (χ3n) is 3.83. The Morgan fingerprint density at radius 3 is 2.84 bits per heavy atom. The van der Waals surface area contributed by atoms with Crippen LogP contribution in [-0.4, -0.2) is 13.1 Å². The minimum absolute atomic E-state index is 0.198. The van der Waals surface area contributed by atoms with E-state index in [9.17, 15) is 4.79 Å². The van der Waals surface area contributed by atoms with E-state index < -0.39 is 0 Å². The van der Waals surface area contributed by atoms with Crippen molar-refractivity contribution in [1.82, 2.24) is 0 Å². The number of rotatable bonds is 2. The molecule has 1 aliphatic carbocycles. The highest BCUT2D eigenvalue weighted by Crippen LogP contribution is 2.37. The maximum absolute atomic E-state index is 11.7. The molecule has 98 valence electrons. The fourth-order valence-electron chi connectivity index (χ4n) is 2.80. The molecule has 3 heteroatoms. The molecule has 0 fully saturated rings. The van der Waals surface area contributed by atoms with Gasteiger partial charge < -0.3 is 4.74 Å². The molecule has 1 aliphatic rings. The van der Waals surface area contributed by atoms with Crippen LogP contribution in [0.3, 0.4) is 0 Å². The summed E-state index contributed by atoms with van der Waals surface area (Å²) in [4.78, 5) is 13.0. The molecule has 1 heterocycles. The van der Waals surface area contributed by atoms with Crippen LogP contribution in [0.1, 0.15) is 38.7 Å². The molecule has 0 spiro atoms. The second kappa shape index (κ2) is 5.17. The van der Waals surface area contributed by atoms with Gasteiger partial charge in [-0.1, -0.05) is 30.3 Å². The average molecular weight is 272 g/mol. The molecule has 19 heavy (non-hydrogen) atoms. The summed E-state index contributed by atoms with van der Waals surface area (Å²) in [5.41, 5.74) is 3.39. The molecule has 0 radical (unpaired) electrons. The average Bonchev–Trinajstić information content (AvgIpc) is 2.90. The zero-order valence-corrected chi connectivity index (χ0v) is 11.7. The summed E-state index contributed by atoms with van der Waals surface area (Å²) in [5.74, 6) is 0.383. The van der Waals surface area contributed by atoms with E-state index in [1.807, 2.05) is 5.38 Å². The van der Waals surface area contributed by atoms with Crippen molar-refractivity contribution in [2.75, 3.05) is 7.11 Å². The second-order valence-corrected chi connectivity index (χ2v) is 5.86. The van der Waals surface area contributed by atoms with Gasteiger partial charge in [0.25, 0.3) is 0 Å². The molecule has 1 aromatic carbocycles. The van der Waals surface area contributed by atoms with Crippen molar-refractivity contribution >= 4 is 17.3 Å². The lowest BCUT2D eigenvalue weighted by atomic mass is 9.83. The van der Waals surface area contributed by atoms with Gasteiger partial charge >= 0.3 is 5.97 Å². The lowest BCUT2D eigenvalue weighted by Crippen LogP contribution is -2.13. The van der Waals surface area contributed by atoms with Gasteiger partial charge in [-0.3, -0.25) is 0 Å². The van der Waals surface area contributed by atoms with Crippen LogP contribution >= 0.6 is 11.3 Å². The van der Waals surface area contributed by atoms with Crippen LogP contribution in [-0.2, 0) is 17.6 Å². The first kappa shape index (κ1) is 12.4. The van der Waals surface area contributed by atoms with Crippen molar-refractivity contribution in [2.24, 2.45) is 0 Å². The largest absolute Gasteiger partial charge is 0.465 e. The zero-order valence-electron chi connectivity index (χ0n) is 10.9. The van der Waals surface area contributed by atoms with Crippen molar-refractivity contribution < 1.29 is 9.53 Å². The lowest BCUT2D eigenvalue weighted by molar-refractivity contribution is 0.0600. The summed E-state index contributed by atoms with van der Waals surface area (Å²) in [6.07, 6.45) is 3.13. The van der Waals surface area contributed by atoms with Crippen molar-refractivity contribution in [3.63, 3.8) is 0 Å². The molecule has 0 saturated heterocycles. The third kappa shape index (κ3) is 2.30. The van der Waals surface area contributed by atoms with E-state index in [0.717, 1.165) is 24.8 Å². The number of thiophene rings is 1. The summed E-state index contributed by atoms with van der Waals surface area (Å²) < 4.78 is 4.84. The molecule has 0 saturated carbocycles. The van der Waals surface area contributed by atoms with Crippen LogP contribution in [0.4, 0.5) is 0 Å². The van der Waals surface area contributed by atoms with Gasteiger partial charge in [-0.2, -0.15) is 0 Å². The first-order chi connectivity index (χ1) is 9.29. The van der Waals surface area contributed by atoms with Gasteiger partial charge in [-0.25, -0.2) is 4.79 Å². The number of carbonyl (C=O) groups excluding carboxylic acids is 1. The fourth-order valence-corrected chi connectivity index (χ4v) is 3.95. The highest BCUT2D eigenvalue weighted by molar-refractivity contribution is 7.10. The van der Waals surface area contributed by atoms with Crippen molar-refractivity contribution in [3.8, 4) is 0 Å². The number of hydrogen-bond acceptors (Lipinski definition) is 3. The number of methoxy groups -OCH3 is 1. The van der Waals surface area contributed by atoms with Gasteiger partial charge in [0.1, 0.15) is 0 Å². The summed E-state index contributed by atoms with van der Waals surface area (Å²) in [7, 11) is 1.45.